The number of urea groups is 1. The van der Waals surface area contributed by atoms with E-state index in [1.165, 1.54) is 0 Å². The second kappa shape index (κ2) is 9.43. The summed E-state index contributed by atoms with van der Waals surface area (Å²) in [6, 6.07) is 8.82. The van der Waals surface area contributed by atoms with E-state index >= 15 is 0 Å². The fraction of sp³-hybridized carbons (Fsp3) is 0.615. The van der Waals surface area contributed by atoms with Crippen LogP contribution in [0.5, 0.6) is 0 Å². The van der Waals surface area contributed by atoms with Crippen LogP contribution < -0.4 is 10.2 Å². The van der Waals surface area contributed by atoms with E-state index in [1.807, 2.05) is 19.9 Å². The molecule has 3 aliphatic rings. The van der Waals surface area contributed by atoms with Gasteiger partial charge in [-0.05, 0) is 62.1 Å². The topological polar surface area (TPSA) is 115 Å². The van der Waals surface area contributed by atoms with Crippen molar-refractivity contribution in [3.8, 4) is 6.07 Å². The number of aliphatic hydroxyl groups excluding tert-OH is 1. The fourth-order valence-corrected chi connectivity index (χ4v) is 5.28. The van der Waals surface area contributed by atoms with E-state index in [4.69, 9.17) is 4.52 Å². The lowest BCUT2D eigenvalue weighted by atomic mass is 9.53. The molecule has 0 unspecified atom stereocenters. The maximum atomic E-state index is 13.7. The summed E-state index contributed by atoms with van der Waals surface area (Å²) in [6.07, 6.45) is 4.57. The van der Waals surface area contributed by atoms with Gasteiger partial charge in [0, 0.05) is 43.1 Å². The number of hydrogen-bond acceptors (Lipinski definition) is 6. The van der Waals surface area contributed by atoms with Gasteiger partial charge >= 0.3 is 12.0 Å². The van der Waals surface area contributed by atoms with Gasteiger partial charge in [-0.2, -0.15) is 19.0 Å². The van der Waals surface area contributed by atoms with Crippen LogP contribution in [0.25, 0.3) is 0 Å². The predicted octanol–water partition coefficient (Wildman–Crippen LogP) is 4.88. The Morgan fingerprint density at radius 3 is 2.44 bits per heavy atom. The number of hydrogen-bond donors (Lipinski definition) is 2. The Morgan fingerprint density at radius 2 is 1.89 bits per heavy atom. The predicted molar refractivity (Wildman–Crippen MR) is 128 cm³/mol. The summed E-state index contributed by atoms with van der Waals surface area (Å²) in [4.78, 5) is 19.1. The highest BCUT2D eigenvalue weighted by Crippen LogP contribution is 2.57. The quantitative estimate of drug-likeness (QED) is 0.533. The average molecular weight is 502 g/mol. The summed E-state index contributed by atoms with van der Waals surface area (Å²) in [5.41, 5.74) is 0.106. The summed E-state index contributed by atoms with van der Waals surface area (Å²) in [6.45, 7) is 5.18. The molecule has 0 spiro atoms. The number of nitriles is 1. The van der Waals surface area contributed by atoms with Crippen molar-refractivity contribution >= 4 is 11.7 Å². The van der Waals surface area contributed by atoms with E-state index in [0.717, 1.165) is 45.4 Å². The molecule has 2 aromatic rings. The van der Waals surface area contributed by atoms with Crippen molar-refractivity contribution in [1.29, 1.82) is 5.26 Å². The molecule has 8 nitrogen and oxygen atoms in total. The van der Waals surface area contributed by atoms with Gasteiger partial charge in [-0.25, -0.2) is 4.79 Å². The SMILES string of the molecule is CC(C)(CO)CNC(=O)N(CC12CCC(c3noc(C(C)(F)F)n3)(CC1)CC2)c1cccc(C#N)c1. The number of nitrogens with zero attached hydrogens (tertiary/aromatic N) is 4. The molecule has 0 atom stereocenters. The smallest absolute Gasteiger partial charge is 0.322 e. The zero-order chi connectivity index (χ0) is 26.2. The average Bonchev–Trinajstić information content (AvgIpc) is 3.39. The number of aromatic nitrogens is 2. The number of anilines is 1. The number of rotatable bonds is 8. The van der Waals surface area contributed by atoms with Crippen LogP contribution in [0.15, 0.2) is 28.8 Å². The van der Waals surface area contributed by atoms with Crippen LogP contribution in [-0.4, -0.2) is 41.0 Å². The molecule has 36 heavy (non-hydrogen) atoms. The third-order valence-corrected chi connectivity index (χ3v) is 7.85. The van der Waals surface area contributed by atoms with Crippen LogP contribution in [-0.2, 0) is 11.3 Å². The second-order valence-corrected chi connectivity index (χ2v) is 11.3. The molecular weight excluding hydrogens is 468 g/mol. The van der Waals surface area contributed by atoms with Crippen LogP contribution in [0.1, 0.15) is 76.6 Å². The largest absolute Gasteiger partial charge is 0.396 e. The molecule has 3 fully saturated rings. The molecule has 10 heteroatoms. The van der Waals surface area contributed by atoms with Crippen LogP contribution in [0.3, 0.4) is 0 Å². The number of aliphatic hydroxyl groups is 1. The first kappa shape index (κ1) is 26.0. The highest BCUT2D eigenvalue weighted by molar-refractivity contribution is 5.92. The Bertz CT molecular complexity index is 1130. The van der Waals surface area contributed by atoms with Gasteiger partial charge in [-0.15, -0.1) is 0 Å². The molecule has 0 aliphatic heterocycles. The van der Waals surface area contributed by atoms with E-state index in [-0.39, 0.29) is 23.5 Å². The minimum absolute atomic E-state index is 0.0645. The highest BCUT2D eigenvalue weighted by Gasteiger charge is 2.53. The number of nitrogens with one attached hydrogen (secondary N) is 1. The Hall–Kier alpha value is -3.06. The molecule has 0 saturated heterocycles. The first-order valence-corrected chi connectivity index (χ1v) is 12.3. The number of fused-ring (bicyclic) bond motifs is 3. The maximum Gasteiger partial charge on any atom is 0.322 e. The number of carbonyl (C=O) groups is 1. The molecule has 2 bridgehead atoms. The van der Waals surface area contributed by atoms with Crippen molar-refractivity contribution in [2.45, 2.75) is 70.6 Å². The first-order chi connectivity index (χ1) is 16.9. The fourth-order valence-electron chi connectivity index (χ4n) is 5.28. The second-order valence-electron chi connectivity index (χ2n) is 11.3. The van der Waals surface area contributed by atoms with Gasteiger partial charge in [0.15, 0.2) is 5.82 Å². The van der Waals surface area contributed by atoms with Crippen molar-refractivity contribution in [3.05, 3.63) is 41.5 Å². The number of amides is 2. The summed E-state index contributed by atoms with van der Waals surface area (Å²) >= 11 is 0. The minimum atomic E-state index is -3.18. The summed E-state index contributed by atoms with van der Waals surface area (Å²) in [7, 11) is 0. The van der Waals surface area contributed by atoms with Crippen molar-refractivity contribution in [3.63, 3.8) is 0 Å². The monoisotopic (exact) mass is 501 g/mol. The number of benzene rings is 1. The molecule has 1 aromatic heterocycles. The van der Waals surface area contributed by atoms with Gasteiger partial charge in [-0.1, -0.05) is 25.1 Å². The molecule has 3 aliphatic carbocycles. The van der Waals surface area contributed by atoms with Crippen molar-refractivity contribution in [2.75, 3.05) is 24.6 Å². The zero-order valence-corrected chi connectivity index (χ0v) is 21.0. The van der Waals surface area contributed by atoms with Crippen LogP contribution >= 0.6 is 0 Å². The van der Waals surface area contributed by atoms with Gasteiger partial charge in [0.2, 0.25) is 0 Å². The molecule has 1 heterocycles. The van der Waals surface area contributed by atoms with Crippen LogP contribution in [0, 0.1) is 22.2 Å². The molecule has 3 saturated carbocycles. The Labute approximate surface area is 209 Å². The lowest BCUT2D eigenvalue weighted by Crippen LogP contribution is -2.53. The molecule has 2 amide bonds. The van der Waals surface area contributed by atoms with Crippen molar-refractivity contribution < 1.29 is 23.2 Å². The third kappa shape index (κ3) is 5.21. The number of halogens is 2. The first-order valence-electron chi connectivity index (χ1n) is 12.3. The van der Waals surface area contributed by atoms with Crippen molar-refractivity contribution in [2.24, 2.45) is 10.8 Å². The third-order valence-electron chi connectivity index (χ3n) is 7.85. The van der Waals surface area contributed by atoms with Gasteiger partial charge in [-0.3, -0.25) is 4.90 Å². The Balaban J connectivity index is 1.53. The number of alkyl halides is 2. The van der Waals surface area contributed by atoms with Crippen LogP contribution in [0.4, 0.5) is 19.3 Å². The standard InChI is InChI=1S/C26H33F2N5O3/c1-23(2,17-34)15-30-22(35)33(19-6-4-5-18(13-19)14-29)16-25-7-10-26(11-8-25,12-9-25)20-31-21(36-32-20)24(3,27)28/h4-6,13,34H,7-12,15-17H2,1-3H3,(H,30,35). The highest BCUT2D eigenvalue weighted by atomic mass is 19.3. The van der Waals surface area contributed by atoms with Gasteiger partial charge < -0.3 is 14.9 Å². The van der Waals surface area contributed by atoms with E-state index in [1.54, 1.807) is 23.1 Å². The van der Waals surface area contributed by atoms with E-state index in [9.17, 15) is 23.9 Å². The van der Waals surface area contributed by atoms with E-state index < -0.39 is 17.2 Å². The lowest BCUT2D eigenvalue weighted by Gasteiger charge is -2.53. The normalized spacial score (nSPS) is 23.8. The molecule has 0 radical (unpaired) electrons. The minimum Gasteiger partial charge on any atom is -0.396 e. The van der Waals surface area contributed by atoms with Gasteiger partial charge in [0.05, 0.1) is 11.6 Å². The van der Waals surface area contributed by atoms with Crippen molar-refractivity contribution in [1.82, 2.24) is 15.5 Å². The molecular formula is C26H33F2N5O3. The zero-order valence-electron chi connectivity index (χ0n) is 21.0. The molecule has 2 N–H and O–H groups in total. The Morgan fingerprint density at radius 1 is 1.22 bits per heavy atom. The maximum absolute atomic E-state index is 13.7. The molecule has 194 valence electrons. The molecule has 5 rings (SSSR count). The summed E-state index contributed by atoms with van der Waals surface area (Å²) < 4.78 is 32.2. The lowest BCUT2D eigenvalue weighted by molar-refractivity contribution is -0.0158. The van der Waals surface area contributed by atoms with E-state index in [0.29, 0.717) is 30.2 Å². The summed E-state index contributed by atoms with van der Waals surface area (Å²) in [5, 5.41) is 25.8. The summed E-state index contributed by atoms with van der Waals surface area (Å²) in [5.74, 6) is -3.47. The van der Waals surface area contributed by atoms with Crippen LogP contribution in [0.2, 0.25) is 0 Å². The van der Waals surface area contributed by atoms with E-state index in [2.05, 4.69) is 21.5 Å². The van der Waals surface area contributed by atoms with Gasteiger partial charge in [0.25, 0.3) is 5.89 Å². The Kier molecular flexibility index (Phi) is 6.82. The molecule has 1 aromatic carbocycles. The number of carbonyl (C=O) groups excluding carboxylic acids is 1. The van der Waals surface area contributed by atoms with Gasteiger partial charge in [0.1, 0.15) is 0 Å².